The van der Waals surface area contributed by atoms with E-state index in [4.69, 9.17) is 0 Å². The molecular formula is C12H15BrO. The molecule has 0 bridgehead atoms. The minimum atomic E-state index is -0.813. The van der Waals surface area contributed by atoms with Crippen LogP contribution >= 0.6 is 15.9 Å². The van der Waals surface area contributed by atoms with Gasteiger partial charge in [0.1, 0.15) is 0 Å². The Morgan fingerprint density at radius 2 is 1.93 bits per heavy atom. The summed E-state index contributed by atoms with van der Waals surface area (Å²) in [4.78, 5) is 0. The van der Waals surface area contributed by atoms with Crippen molar-refractivity contribution in [2.45, 2.75) is 25.9 Å². The Bertz CT molecular complexity index is 325. The Labute approximate surface area is 93.6 Å². The highest BCUT2D eigenvalue weighted by molar-refractivity contribution is 9.10. The fourth-order valence-corrected chi connectivity index (χ4v) is 1.76. The number of hydrogen-bond donors (Lipinski definition) is 1. The van der Waals surface area contributed by atoms with Gasteiger partial charge in [-0.1, -0.05) is 33.6 Å². The maximum Gasteiger partial charge on any atom is 0.0905 e. The van der Waals surface area contributed by atoms with Crippen LogP contribution in [0.4, 0.5) is 0 Å². The Morgan fingerprint density at radius 3 is 2.36 bits per heavy atom. The lowest BCUT2D eigenvalue weighted by atomic mass is 9.90. The van der Waals surface area contributed by atoms with E-state index in [9.17, 15) is 5.11 Å². The molecule has 0 aliphatic heterocycles. The summed E-state index contributed by atoms with van der Waals surface area (Å²) in [6.07, 6.45) is 0.592. The SMILES string of the molecule is C=C(C)CC(C)(O)c1ccc(Br)cc1. The van der Waals surface area contributed by atoms with Crippen molar-refractivity contribution >= 4 is 15.9 Å². The zero-order valence-corrected chi connectivity index (χ0v) is 10.1. The van der Waals surface area contributed by atoms with Crippen LogP contribution in [0.5, 0.6) is 0 Å². The smallest absolute Gasteiger partial charge is 0.0905 e. The summed E-state index contributed by atoms with van der Waals surface area (Å²) < 4.78 is 1.02. The minimum Gasteiger partial charge on any atom is -0.385 e. The summed E-state index contributed by atoms with van der Waals surface area (Å²) in [5, 5.41) is 10.2. The molecule has 1 rings (SSSR count). The van der Waals surface area contributed by atoms with Gasteiger partial charge in [-0.05, 0) is 31.5 Å². The van der Waals surface area contributed by atoms with Crippen molar-refractivity contribution < 1.29 is 5.11 Å². The van der Waals surface area contributed by atoms with Gasteiger partial charge < -0.3 is 5.11 Å². The van der Waals surface area contributed by atoms with Gasteiger partial charge in [0.05, 0.1) is 5.60 Å². The molecule has 0 saturated carbocycles. The summed E-state index contributed by atoms with van der Waals surface area (Å²) in [5.74, 6) is 0. The summed E-state index contributed by atoms with van der Waals surface area (Å²) in [7, 11) is 0. The van der Waals surface area contributed by atoms with Crippen LogP contribution in [0.15, 0.2) is 40.9 Å². The molecule has 0 amide bonds. The van der Waals surface area contributed by atoms with Crippen molar-refractivity contribution in [1.82, 2.24) is 0 Å². The molecular weight excluding hydrogens is 240 g/mol. The zero-order chi connectivity index (χ0) is 10.8. The Hall–Kier alpha value is -0.600. The fraction of sp³-hybridized carbons (Fsp3) is 0.333. The molecule has 0 aliphatic rings. The third-order valence-corrected chi connectivity index (χ3v) is 2.64. The zero-order valence-electron chi connectivity index (χ0n) is 8.55. The number of aliphatic hydroxyl groups is 1. The number of rotatable bonds is 3. The van der Waals surface area contributed by atoms with Crippen LogP contribution in [-0.4, -0.2) is 5.11 Å². The van der Waals surface area contributed by atoms with Crippen LogP contribution in [-0.2, 0) is 5.60 Å². The highest BCUT2D eigenvalue weighted by Crippen LogP contribution is 2.28. The maximum atomic E-state index is 10.2. The molecule has 1 N–H and O–H groups in total. The monoisotopic (exact) mass is 254 g/mol. The molecule has 0 aromatic heterocycles. The van der Waals surface area contributed by atoms with E-state index >= 15 is 0 Å². The number of halogens is 1. The van der Waals surface area contributed by atoms with Gasteiger partial charge in [-0.2, -0.15) is 0 Å². The van der Waals surface area contributed by atoms with Crippen LogP contribution in [0, 0.1) is 0 Å². The van der Waals surface area contributed by atoms with Crippen molar-refractivity contribution in [3.05, 3.63) is 46.5 Å². The first-order chi connectivity index (χ1) is 6.42. The molecule has 0 saturated heterocycles. The van der Waals surface area contributed by atoms with Crippen LogP contribution in [0.1, 0.15) is 25.8 Å². The van der Waals surface area contributed by atoms with Crippen molar-refractivity contribution in [2.75, 3.05) is 0 Å². The second kappa shape index (κ2) is 4.28. The van der Waals surface area contributed by atoms with E-state index in [1.54, 1.807) is 0 Å². The second-order valence-electron chi connectivity index (χ2n) is 3.91. The summed E-state index contributed by atoms with van der Waals surface area (Å²) in [5.41, 5.74) is 1.09. The Balaban J connectivity index is 2.91. The minimum absolute atomic E-state index is 0.592. The van der Waals surface area contributed by atoms with Crippen molar-refractivity contribution in [1.29, 1.82) is 0 Å². The van der Waals surface area contributed by atoms with Gasteiger partial charge in [0.15, 0.2) is 0 Å². The van der Waals surface area contributed by atoms with Gasteiger partial charge >= 0.3 is 0 Å². The third kappa shape index (κ3) is 2.96. The predicted octanol–water partition coefficient (Wildman–Crippen LogP) is 3.62. The van der Waals surface area contributed by atoms with E-state index in [1.807, 2.05) is 38.1 Å². The first-order valence-corrected chi connectivity index (χ1v) is 5.34. The Morgan fingerprint density at radius 1 is 1.43 bits per heavy atom. The highest BCUT2D eigenvalue weighted by Gasteiger charge is 2.22. The lowest BCUT2D eigenvalue weighted by Gasteiger charge is -2.24. The van der Waals surface area contributed by atoms with Gasteiger partial charge in [-0.15, -0.1) is 6.58 Å². The van der Waals surface area contributed by atoms with Crippen molar-refractivity contribution in [3.8, 4) is 0 Å². The van der Waals surface area contributed by atoms with Gasteiger partial charge in [-0.3, -0.25) is 0 Å². The molecule has 1 nitrogen and oxygen atoms in total. The molecule has 0 aliphatic carbocycles. The van der Waals surface area contributed by atoms with E-state index in [2.05, 4.69) is 22.5 Å². The molecule has 0 heterocycles. The quantitative estimate of drug-likeness (QED) is 0.818. The van der Waals surface area contributed by atoms with E-state index in [1.165, 1.54) is 0 Å². The van der Waals surface area contributed by atoms with Crippen molar-refractivity contribution in [2.24, 2.45) is 0 Å². The van der Waals surface area contributed by atoms with Crippen molar-refractivity contribution in [3.63, 3.8) is 0 Å². The largest absolute Gasteiger partial charge is 0.385 e. The first kappa shape index (κ1) is 11.5. The van der Waals surface area contributed by atoms with Crippen LogP contribution in [0.25, 0.3) is 0 Å². The molecule has 1 aromatic rings. The summed E-state index contributed by atoms with van der Waals surface area (Å²) in [6, 6.07) is 7.71. The molecule has 1 unspecified atom stereocenters. The van der Waals surface area contributed by atoms with E-state index in [0.29, 0.717) is 6.42 Å². The number of benzene rings is 1. The van der Waals surface area contributed by atoms with Gasteiger partial charge in [0, 0.05) is 10.9 Å². The average Bonchev–Trinajstić information content (AvgIpc) is 2.02. The van der Waals surface area contributed by atoms with Gasteiger partial charge in [0.25, 0.3) is 0 Å². The van der Waals surface area contributed by atoms with Gasteiger partial charge in [0.2, 0.25) is 0 Å². The van der Waals surface area contributed by atoms with E-state index in [0.717, 1.165) is 15.6 Å². The van der Waals surface area contributed by atoms with Crippen LogP contribution < -0.4 is 0 Å². The third-order valence-electron chi connectivity index (χ3n) is 2.11. The molecule has 1 aromatic carbocycles. The van der Waals surface area contributed by atoms with Crippen LogP contribution in [0.3, 0.4) is 0 Å². The second-order valence-corrected chi connectivity index (χ2v) is 4.83. The molecule has 14 heavy (non-hydrogen) atoms. The lowest BCUT2D eigenvalue weighted by molar-refractivity contribution is 0.0578. The maximum absolute atomic E-state index is 10.2. The molecule has 76 valence electrons. The highest BCUT2D eigenvalue weighted by atomic mass is 79.9. The molecule has 0 spiro atoms. The lowest BCUT2D eigenvalue weighted by Crippen LogP contribution is -2.21. The van der Waals surface area contributed by atoms with E-state index < -0.39 is 5.60 Å². The topological polar surface area (TPSA) is 20.2 Å². The Kier molecular flexibility index (Phi) is 3.51. The fourth-order valence-electron chi connectivity index (χ4n) is 1.50. The molecule has 0 fully saturated rings. The first-order valence-electron chi connectivity index (χ1n) is 4.54. The standard InChI is InChI=1S/C12H15BrO/c1-9(2)8-12(3,14)10-4-6-11(13)7-5-10/h4-7,14H,1,8H2,2-3H3. The average molecular weight is 255 g/mol. The van der Waals surface area contributed by atoms with Gasteiger partial charge in [-0.25, -0.2) is 0 Å². The normalized spacial score (nSPS) is 14.9. The predicted molar refractivity (Wildman–Crippen MR) is 63.1 cm³/mol. The molecule has 0 radical (unpaired) electrons. The summed E-state index contributed by atoms with van der Waals surface area (Å²) in [6.45, 7) is 7.55. The molecule has 1 atom stereocenters. The summed E-state index contributed by atoms with van der Waals surface area (Å²) >= 11 is 3.36. The van der Waals surface area contributed by atoms with E-state index in [-0.39, 0.29) is 0 Å². The molecule has 2 heteroatoms. The van der Waals surface area contributed by atoms with Crippen LogP contribution in [0.2, 0.25) is 0 Å². The number of hydrogen-bond acceptors (Lipinski definition) is 1.